The summed E-state index contributed by atoms with van der Waals surface area (Å²) in [6, 6.07) is 4.57. The third kappa shape index (κ3) is 3.00. The van der Waals surface area contributed by atoms with Crippen LogP contribution in [0.25, 0.3) is 0 Å². The molecule has 1 heterocycles. The fourth-order valence-corrected chi connectivity index (χ4v) is 2.56. The van der Waals surface area contributed by atoms with E-state index in [0.29, 0.717) is 24.8 Å². The van der Waals surface area contributed by atoms with E-state index in [0.717, 1.165) is 19.2 Å². The van der Waals surface area contributed by atoms with Crippen molar-refractivity contribution in [3.63, 3.8) is 0 Å². The van der Waals surface area contributed by atoms with Gasteiger partial charge >= 0.3 is 6.18 Å². The van der Waals surface area contributed by atoms with Gasteiger partial charge in [0.2, 0.25) is 0 Å². The van der Waals surface area contributed by atoms with Gasteiger partial charge in [-0.25, -0.2) is 0 Å². The molecule has 20 heavy (non-hydrogen) atoms. The van der Waals surface area contributed by atoms with Gasteiger partial charge in [-0.2, -0.15) is 13.2 Å². The molecule has 1 aliphatic heterocycles. The molecule has 0 aromatic heterocycles. The molecule has 112 valence electrons. The maximum atomic E-state index is 12.9. The number of hydrogen-bond donors (Lipinski definition) is 1. The van der Waals surface area contributed by atoms with E-state index in [1.807, 2.05) is 4.90 Å². The lowest BCUT2D eigenvalue weighted by atomic mass is 10.1. The first-order valence-corrected chi connectivity index (χ1v) is 6.75. The van der Waals surface area contributed by atoms with Crippen molar-refractivity contribution < 1.29 is 13.2 Å². The van der Waals surface area contributed by atoms with Crippen molar-refractivity contribution in [3.8, 4) is 0 Å². The molecule has 0 atom stereocenters. The number of halogens is 3. The maximum absolute atomic E-state index is 12.9. The van der Waals surface area contributed by atoms with Gasteiger partial charge in [0.05, 0.1) is 16.9 Å². The molecule has 1 saturated heterocycles. The number of nitrogens with zero attached hydrogens (tertiary/aromatic N) is 2. The van der Waals surface area contributed by atoms with Gasteiger partial charge in [0.1, 0.15) is 0 Å². The van der Waals surface area contributed by atoms with E-state index >= 15 is 0 Å². The van der Waals surface area contributed by atoms with Crippen molar-refractivity contribution in [3.05, 3.63) is 23.8 Å². The summed E-state index contributed by atoms with van der Waals surface area (Å²) in [5.41, 5.74) is 5.29. The zero-order valence-corrected chi connectivity index (χ0v) is 11.7. The number of alkyl halides is 3. The Kier molecular flexibility index (Phi) is 4.13. The molecular weight excluding hydrogens is 267 g/mol. The summed E-state index contributed by atoms with van der Waals surface area (Å²) >= 11 is 0. The number of nitrogen functional groups attached to an aromatic ring is 1. The summed E-state index contributed by atoms with van der Waals surface area (Å²) in [5, 5.41) is 0. The normalized spacial score (nSPS) is 17.8. The van der Waals surface area contributed by atoms with E-state index in [9.17, 15) is 13.2 Å². The number of piperazine rings is 1. The highest BCUT2D eigenvalue weighted by Gasteiger charge is 2.34. The average Bonchev–Trinajstić information content (AvgIpc) is 2.37. The minimum Gasteiger partial charge on any atom is -0.397 e. The topological polar surface area (TPSA) is 32.5 Å². The molecule has 0 aliphatic carbocycles. The second-order valence-electron chi connectivity index (χ2n) is 5.35. The standard InChI is InChI=1S/C14H20F3N3/c1-10(2)19-6-8-20(9-7-19)12-5-3-4-11(13(12)18)14(15,16)17/h3-5,10H,6-9,18H2,1-2H3. The van der Waals surface area contributed by atoms with Crippen molar-refractivity contribution in [2.75, 3.05) is 36.8 Å². The quantitative estimate of drug-likeness (QED) is 0.849. The molecule has 0 radical (unpaired) electrons. The summed E-state index contributed by atoms with van der Waals surface area (Å²) < 4.78 is 38.6. The van der Waals surface area contributed by atoms with Gasteiger partial charge in [-0.05, 0) is 26.0 Å². The van der Waals surface area contributed by atoms with Crippen molar-refractivity contribution in [1.29, 1.82) is 0 Å². The molecule has 1 aromatic rings. The minimum absolute atomic E-state index is 0.169. The monoisotopic (exact) mass is 287 g/mol. The van der Waals surface area contributed by atoms with Gasteiger partial charge in [0, 0.05) is 32.2 Å². The fraction of sp³-hybridized carbons (Fsp3) is 0.571. The van der Waals surface area contributed by atoms with E-state index in [2.05, 4.69) is 18.7 Å². The number of nitrogens with two attached hydrogens (primary N) is 1. The molecule has 0 bridgehead atoms. The van der Waals surface area contributed by atoms with Gasteiger partial charge in [-0.15, -0.1) is 0 Å². The van der Waals surface area contributed by atoms with Crippen LogP contribution >= 0.6 is 0 Å². The Morgan fingerprint density at radius 2 is 1.70 bits per heavy atom. The largest absolute Gasteiger partial charge is 0.418 e. The number of benzene rings is 1. The van der Waals surface area contributed by atoms with Gasteiger partial charge in [-0.3, -0.25) is 4.90 Å². The second kappa shape index (κ2) is 5.52. The number of hydrogen-bond acceptors (Lipinski definition) is 3. The number of rotatable bonds is 2. The van der Waals surface area contributed by atoms with E-state index in [1.54, 1.807) is 6.07 Å². The Labute approximate surface area is 117 Å². The van der Waals surface area contributed by atoms with Crippen molar-refractivity contribution >= 4 is 11.4 Å². The molecule has 2 rings (SSSR count). The molecule has 1 fully saturated rings. The zero-order valence-electron chi connectivity index (χ0n) is 11.7. The van der Waals surface area contributed by atoms with E-state index in [-0.39, 0.29) is 5.69 Å². The van der Waals surface area contributed by atoms with E-state index in [4.69, 9.17) is 5.73 Å². The summed E-state index contributed by atoms with van der Waals surface area (Å²) in [6.07, 6.45) is -4.40. The zero-order chi connectivity index (χ0) is 14.9. The Balaban J connectivity index is 2.19. The van der Waals surface area contributed by atoms with Crippen LogP contribution in [0.4, 0.5) is 24.5 Å². The summed E-state index contributed by atoms with van der Waals surface area (Å²) in [4.78, 5) is 4.24. The molecular formula is C14H20F3N3. The highest BCUT2D eigenvalue weighted by molar-refractivity contribution is 5.72. The molecule has 0 saturated carbocycles. The third-order valence-corrected chi connectivity index (χ3v) is 3.77. The van der Waals surface area contributed by atoms with Crippen LogP contribution in [0.15, 0.2) is 18.2 Å². The van der Waals surface area contributed by atoms with Gasteiger partial charge in [0.15, 0.2) is 0 Å². The highest BCUT2D eigenvalue weighted by Crippen LogP contribution is 2.38. The predicted octanol–water partition coefficient (Wildman–Crippen LogP) is 2.82. The van der Waals surface area contributed by atoms with Crippen LogP contribution in [-0.2, 0) is 6.18 Å². The van der Waals surface area contributed by atoms with Gasteiger partial charge in [0.25, 0.3) is 0 Å². The SMILES string of the molecule is CC(C)N1CCN(c2cccc(C(F)(F)F)c2N)CC1. The molecule has 0 spiro atoms. The molecule has 0 unspecified atom stereocenters. The first kappa shape index (κ1) is 15.0. The Morgan fingerprint density at radius 1 is 1.10 bits per heavy atom. The lowest BCUT2D eigenvalue weighted by Crippen LogP contribution is -2.49. The first-order chi connectivity index (χ1) is 9.30. The lowest BCUT2D eigenvalue weighted by Gasteiger charge is -2.38. The highest BCUT2D eigenvalue weighted by atomic mass is 19.4. The van der Waals surface area contributed by atoms with Crippen molar-refractivity contribution in [2.45, 2.75) is 26.1 Å². The fourth-order valence-electron chi connectivity index (χ4n) is 2.56. The third-order valence-electron chi connectivity index (χ3n) is 3.77. The molecule has 6 heteroatoms. The molecule has 2 N–H and O–H groups in total. The van der Waals surface area contributed by atoms with Crippen LogP contribution in [0.1, 0.15) is 19.4 Å². The maximum Gasteiger partial charge on any atom is 0.418 e. The van der Waals surface area contributed by atoms with Crippen LogP contribution in [0.2, 0.25) is 0 Å². The van der Waals surface area contributed by atoms with Gasteiger partial charge < -0.3 is 10.6 Å². The minimum atomic E-state index is -4.40. The number of para-hydroxylation sites is 1. The average molecular weight is 287 g/mol. The molecule has 1 aliphatic rings. The first-order valence-electron chi connectivity index (χ1n) is 6.75. The smallest absolute Gasteiger partial charge is 0.397 e. The lowest BCUT2D eigenvalue weighted by molar-refractivity contribution is -0.136. The summed E-state index contributed by atoms with van der Waals surface area (Å²) in [7, 11) is 0. The van der Waals surface area contributed by atoms with Crippen molar-refractivity contribution in [2.24, 2.45) is 0 Å². The Morgan fingerprint density at radius 3 is 2.20 bits per heavy atom. The Hall–Kier alpha value is -1.43. The van der Waals surface area contributed by atoms with Crippen LogP contribution in [-0.4, -0.2) is 37.1 Å². The van der Waals surface area contributed by atoms with Crippen LogP contribution in [0, 0.1) is 0 Å². The van der Waals surface area contributed by atoms with E-state index in [1.165, 1.54) is 6.07 Å². The Bertz CT molecular complexity index is 463. The molecule has 0 amide bonds. The van der Waals surface area contributed by atoms with Crippen molar-refractivity contribution in [1.82, 2.24) is 4.90 Å². The van der Waals surface area contributed by atoms with E-state index < -0.39 is 11.7 Å². The molecule has 1 aromatic carbocycles. The van der Waals surface area contributed by atoms with Gasteiger partial charge in [-0.1, -0.05) is 6.07 Å². The molecule has 3 nitrogen and oxygen atoms in total. The predicted molar refractivity (Wildman–Crippen MR) is 74.8 cm³/mol. The summed E-state index contributed by atoms with van der Waals surface area (Å²) in [5.74, 6) is 0. The second-order valence-corrected chi connectivity index (χ2v) is 5.35. The van der Waals surface area contributed by atoms with Crippen LogP contribution in [0.3, 0.4) is 0 Å². The van der Waals surface area contributed by atoms with Crippen LogP contribution < -0.4 is 10.6 Å². The summed E-state index contributed by atoms with van der Waals surface area (Å²) in [6.45, 7) is 7.32. The van der Waals surface area contributed by atoms with Crippen LogP contribution in [0.5, 0.6) is 0 Å². The number of anilines is 2.